The van der Waals surface area contributed by atoms with Crippen LogP contribution in [0.15, 0.2) is 18.2 Å². The second kappa shape index (κ2) is 8.33. The lowest BCUT2D eigenvalue weighted by atomic mass is 10.1. The number of carbonyl (C=O) groups excluding carboxylic acids is 1. The average molecular weight is 334 g/mol. The van der Waals surface area contributed by atoms with E-state index in [1.165, 1.54) is 6.42 Å². The van der Waals surface area contributed by atoms with Gasteiger partial charge >= 0.3 is 6.09 Å². The Labute approximate surface area is 145 Å². The Kier molecular flexibility index (Phi) is 6.43. The number of aromatic nitrogens is 1. The largest absolute Gasteiger partial charge is 0.444 e. The number of alkyl carbamates (subject to hydrolysis) is 1. The quantitative estimate of drug-likeness (QED) is 0.837. The van der Waals surface area contributed by atoms with Gasteiger partial charge in [-0.15, -0.1) is 0 Å². The van der Waals surface area contributed by atoms with Crippen LogP contribution in [0, 0.1) is 12.8 Å². The van der Waals surface area contributed by atoms with Crippen molar-refractivity contribution >= 4 is 11.9 Å². The first-order chi connectivity index (χ1) is 11.3. The first kappa shape index (κ1) is 18.5. The summed E-state index contributed by atoms with van der Waals surface area (Å²) in [6, 6.07) is 6.03. The van der Waals surface area contributed by atoms with Crippen molar-refractivity contribution in [2.75, 3.05) is 38.0 Å². The zero-order valence-electron chi connectivity index (χ0n) is 15.3. The van der Waals surface area contributed by atoms with Crippen LogP contribution in [0.1, 0.15) is 32.9 Å². The van der Waals surface area contributed by atoms with Gasteiger partial charge in [-0.1, -0.05) is 6.07 Å². The molecule has 6 heteroatoms. The summed E-state index contributed by atoms with van der Waals surface area (Å²) in [5, 5.41) is 6.24. The fourth-order valence-electron chi connectivity index (χ4n) is 2.80. The zero-order chi connectivity index (χ0) is 17.6. The van der Waals surface area contributed by atoms with E-state index in [0.717, 1.165) is 37.7 Å². The summed E-state index contributed by atoms with van der Waals surface area (Å²) in [4.78, 5) is 18.5. The number of hydrogen-bond donors (Lipinski definition) is 2. The van der Waals surface area contributed by atoms with E-state index in [0.29, 0.717) is 12.5 Å². The Morgan fingerprint density at radius 2 is 2.21 bits per heavy atom. The van der Waals surface area contributed by atoms with Crippen LogP contribution in [0.4, 0.5) is 10.6 Å². The molecule has 0 bridgehead atoms. The van der Waals surface area contributed by atoms with Crippen LogP contribution in [0.25, 0.3) is 0 Å². The highest BCUT2D eigenvalue weighted by molar-refractivity contribution is 5.67. The summed E-state index contributed by atoms with van der Waals surface area (Å²) in [5.74, 6) is 1.56. The number of amides is 1. The van der Waals surface area contributed by atoms with Gasteiger partial charge in [0.15, 0.2) is 0 Å². The van der Waals surface area contributed by atoms with Gasteiger partial charge in [-0.05, 0) is 58.7 Å². The minimum atomic E-state index is -0.446. The number of ether oxygens (including phenoxy) is 1. The van der Waals surface area contributed by atoms with E-state index in [2.05, 4.69) is 20.5 Å². The fourth-order valence-corrected chi connectivity index (χ4v) is 2.80. The summed E-state index contributed by atoms with van der Waals surface area (Å²) in [6.45, 7) is 12.1. The monoisotopic (exact) mass is 334 g/mol. The van der Waals surface area contributed by atoms with Crippen molar-refractivity contribution in [1.29, 1.82) is 0 Å². The maximum Gasteiger partial charge on any atom is 0.407 e. The number of aryl methyl sites for hydroxylation is 1. The van der Waals surface area contributed by atoms with Crippen LogP contribution < -0.4 is 10.6 Å². The van der Waals surface area contributed by atoms with Gasteiger partial charge in [0.25, 0.3) is 0 Å². The Morgan fingerprint density at radius 3 is 2.92 bits per heavy atom. The molecule has 2 rings (SSSR count). The van der Waals surface area contributed by atoms with Crippen LogP contribution in [-0.2, 0) is 4.74 Å². The van der Waals surface area contributed by atoms with Gasteiger partial charge in [0.1, 0.15) is 11.4 Å². The standard InChI is InChI=1S/C18H30N4O2/c1-14-6-5-7-16(21-14)20-12-15-8-10-22(13-15)11-9-19-17(23)24-18(2,3)4/h5-7,15H,8-13H2,1-4H3,(H,19,23)(H,20,21)/t15-/m1/s1. The highest BCUT2D eigenvalue weighted by Gasteiger charge is 2.22. The lowest BCUT2D eigenvalue weighted by molar-refractivity contribution is 0.0523. The smallest absolute Gasteiger partial charge is 0.407 e. The summed E-state index contributed by atoms with van der Waals surface area (Å²) < 4.78 is 5.24. The number of anilines is 1. The van der Waals surface area contributed by atoms with Gasteiger partial charge in [0, 0.05) is 31.9 Å². The lowest BCUT2D eigenvalue weighted by Gasteiger charge is -2.21. The molecule has 2 N–H and O–H groups in total. The molecule has 134 valence electrons. The first-order valence-electron chi connectivity index (χ1n) is 8.68. The van der Waals surface area contributed by atoms with Crippen molar-refractivity contribution in [3.63, 3.8) is 0 Å². The van der Waals surface area contributed by atoms with Gasteiger partial charge < -0.3 is 20.3 Å². The normalized spacial score (nSPS) is 18.4. The number of pyridine rings is 1. The predicted octanol–water partition coefficient (Wildman–Crippen LogP) is 2.65. The van der Waals surface area contributed by atoms with Gasteiger partial charge in [-0.25, -0.2) is 9.78 Å². The Bertz CT molecular complexity index is 542. The van der Waals surface area contributed by atoms with Crippen LogP contribution in [0.2, 0.25) is 0 Å². The second-order valence-electron chi connectivity index (χ2n) is 7.43. The molecule has 0 spiro atoms. The molecule has 6 nitrogen and oxygen atoms in total. The van der Waals surface area contributed by atoms with E-state index in [9.17, 15) is 4.79 Å². The maximum absolute atomic E-state index is 11.6. The summed E-state index contributed by atoms with van der Waals surface area (Å²) in [6.07, 6.45) is 0.830. The molecule has 0 aromatic carbocycles. The topological polar surface area (TPSA) is 66.5 Å². The number of carbonyl (C=O) groups is 1. The minimum absolute atomic E-state index is 0.342. The molecule has 1 aromatic heterocycles. The molecular formula is C18H30N4O2. The number of hydrogen-bond acceptors (Lipinski definition) is 5. The highest BCUT2D eigenvalue weighted by atomic mass is 16.6. The Hall–Kier alpha value is -1.82. The molecule has 1 saturated heterocycles. The molecule has 1 fully saturated rings. The molecule has 1 atom stereocenters. The molecule has 0 radical (unpaired) electrons. The maximum atomic E-state index is 11.6. The van der Waals surface area contributed by atoms with Gasteiger partial charge in [-0.2, -0.15) is 0 Å². The van der Waals surface area contributed by atoms with Gasteiger partial charge in [0.2, 0.25) is 0 Å². The zero-order valence-corrected chi connectivity index (χ0v) is 15.3. The van der Waals surface area contributed by atoms with Crippen LogP contribution in [0.5, 0.6) is 0 Å². The van der Waals surface area contributed by atoms with E-state index in [1.807, 2.05) is 45.9 Å². The summed E-state index contributed by atoms with van der Waals surface area (Å²) >= 11 is 0. The van der Waals surface area contributed by atoms with Crippen LogP contribution >= 0.6 is 0 Å². The van der Waals surface area contributed by atoms with E-state index in [1.54, 1.807) is 0 Å². The SMILES string of the molecule is Cc1cccc(NC[C@H]2CCN(CCNC(=O)OC(C)(C)C)C2)n1. The van der Waals surface area contributed by atoms with E-state index in [4.69, 9.17) is 4.74 Å². The molecule has 1 amide bonds. The van der Waals surface area contributed by atoms with Crippen LogP contribution in [-0.4, -0.2) is 54.3 Å². The Balaban J connectivity index is 1.62. The summed E-state index contributed by atoms with van der Waals surface area (Å²) in [7, 11) is 0. The lowest BCUT2D eigenvalue weighted by Crippen LogP contribution is -2.37. The van der Waals surface area contributed by atoms with Crippen LogP contribution in [0.3, 0.4) is 0 Å². The predicted molar refractivity (Wildman–Crippen MR) is 96.2 cm³/mol. The van der Waals surface area contributed by atoms with Crippen molar-refractivity contribution in [3.05, 3.63) is 23.9 Å². The third-order valence-corrected chi connectivity index (χ3v) is 3.93. The fraction of sp³-hybridized carbons (Fsp3) is 0.667. The van der Waals surface area contributed by atoms with E-state index >= 15 is 0 Å². The second-order valence-corrected chi connectivity index (χ2v) is 7.43. The van der Waals surface area contributed by atoms with Crippen molar-refractivity contribution < 1.29 is 9.53 Å². The first-order valence-corrected chi connectivity index (χ1v) is 8.68. The van der Waals surface area contributed by atoms with Gasteiger partial charge in [0.05, 0.1) is 0 Å². The molecule has 24 heavy (non-hydrogen) atoms. The third-order valence-electron chi connectivity index (χ3n) is 3.93. The van der Waals surface area contributed by atoms with Gasteiger partial charge in [-0.3, -0.25) is 0 Å². The number of nitrogens with one attached hydrogen (secondary N) is 2. The molecule has 2 heterocycles. The number of nitrogens with zero attached hydrogens (tertiary/aromatic N) is 2. The molecule has 0 unspecified atom stereocenters. The average Bonchev–Trinajstić information content (AvgIpc) is 2.91. The van der Waals surface area contributed by atoms with Crippen molar-refractivity contribution in [3.8, 4) is 0 Å². The molecule has 1 aliphatic rings. The van der Waals surface area contributed by atoms with Crippen molar-refractivity contribution in [2.24, 2.45) is 5.92 Å². The van der Waals surface area contributed by atoms with E-state index < -0.39 is 5.60 Å². The highest BCUT2D eigenvalue weighted by Crippen LogP contribution is 2.16. The third kappa shape index (κ3) is 6.74. The summed E-state index contributed by atoms with van der Waals surface area (Å²) in [5.41, 5.74) is 0.583. The van der Waals surface area contributed by atoms with Crippen molar-refractivity contribution in [1.82, 2.24) is 15.2 Å². The number of likely N-dealkylation sites (tertiary alicyclic amines) is 1. The van der Waals surface area contributed by atoms with E-state index in [-0.39, 0.29) is 6.09 Å². The molecule has 1 aliphatic heterocycles. The molecular weight excluding hydrogens is 304 g/mol. The minimum Gasteiger partial charge on any atom is -0.444 e. The molecule has 0 saturated carbocycles. The molecule has 0 aliphatic carbocycles. The van der Waals surface area contributed by atoms with Crippen molar-refractivity contribution in [2.45, 2.75) is 39.7 Å². The Morgan fingerprint density at radius 1 is 1.42 bits per heavy atom. The number of rotatable bonds is 6. The molecule has 1 aromatic rings.